The second kappa shape index (κ2) is 8.48. The summed E-state index contributed by atoms with van der Waals surface area (Å²) in [5, 5.41) is 3.89. The standard InChI is InChI=1S/C20H23ClN4OS/c21-17-13-22-20(25-11-3-4-12-25)24-18(17)19(26)23-14-7-9-16(10-8-14)27-15-5-1-2-6-15/h7-10,13,15H,1-6,11-12H2,(H,23,26). The number of carbonyl (C=O) groups excluding carboxylic acids is 1. The number of halogens is 1. The van der Waals surface area contributed by atoms with Gasteiger partial charge in [-0.1, -0.05) is 24.4 Å². The summed E-state index contributed by atoms with van der Waals surface area (Å²) in [6.07, 6.45) is 9.04. The minimum absolute atomic E-state index is 0.220. The van der Waals surface area contributed by atoms with Crippen LogP contribution >= 0.6 is 23.4 Å². The van der Waals surface area contributed by atoms with E-state index in [0.29, 0.717) is 5.95 Å². The highest BCUT2D eigenvalue weighted by Gasteiger charge is 2.20. The number of aromatic nitrogens is 2. The maximum atomic E-state index is 12.7. The van der Waals surface area contributed by atoms with Crippen molar-refractivity contribution in [2.24, 2.45) is 0 Å². The maximum absolute atomic E-state index is 12.7. The third-order valence-corrected chi connectivity index (χ3v) is 6.68. The smallest absolute Gasteiger partial charge is 0.276 e. The van der Waals surface area contributed by atoms with Crippen molar-refractivity contribution < 1.29 is 4.79 Å². The number of hydrogen-bond donors (Lipinski definition) is 1. The molecule has 5 nitrogen and oxygen atoms in total. The molecule has 1 aliphatic carbocycles. The highest BCUT2D eigenvalue weighted by atomic mass is 35.5. The van der Waals surface area contributed by atoms with Gasteiger partial charge in [-0.15, -0.1) is 11.8 Å². The molecule has 27 heavy (non-hydrogen) atoms. The van der Waals surface area contributed by atoms with E-state index >= 15 is 0 Å². The van der Waals surface area contributed by atoms with Crippen LogP contribution in [0.15, 0.2) is 35.4 Å². The van der Waals surface area contributed by atoms with Gasteiger partial charge in [0, 0.05) is 28.9 Å². The first-order valence-electron chi connectivity index (χ1n) is 9.54. The molecule has 1 aliphatic heterocycles. The van der Waals surface area contributed by atoms with Crippen LogP contribution in [0.4, 0.5) is 11.6 Å². The number of benzene rings is 1. The molecule has 0 unspecified atom stereocenters. The first kappa shape index (κ1) is 18.6. The molecule has 4 rings (SSSR count). The van der Waals surface area contributed by atoms with Gasteiger partial charge < -0.3 is 10.2 Å². The van der Waals surface area contributed by atoms with Crippen molar-refractivity contribution in [3.63, 3.8) is 0 Å². The molecule has 2 fully saturated rings. The summed E-state index contributed by atoms with van der Waals surface area (Å²) in [4.78, 5) is 24.7. The zero-order valence-electron chi connectivity index (χ0n) is 15.2. The maximum Gasteiger partial charge on any atom is 0.276 e. The third kappa shape index (κ3) is 4.55. The molecule has 1 aromatic carbocycles. The number of hydrogen-bond acceptors (Lipinski definition) is 5. The molecule has 1 N–H and O–H groups in total. The van der Waals surface area contributed by atoms with E-state index in [1.807, 2.05) is 23.9 Å². The predicted molar refractivity (Wildman–Crippen MR) is 111 cm³/mol. The number of thioether (sulfide) groups is 1. The van der Waals surface area contributed by atoms with E-state index < -0.39 is 0 Å². The van der Waals surface area contributed by atoms with Crippen LogP contribution in [0.1, 0.15) is 49.0 Å². The van der Waals surface area contributed by atoms with Crippen molar-refractivity contribution in [1.29, 1.82) is 0 Å². The van der Waals surface area contributed by atoms with Crippen LogP contribution in [0.25, 0.3) is 0 Å². The van der Waals surface area contributed by atoms with Crippen LogP contribution in [0.2, 0.25) is 5.02 Å². The van der Waals surface area contributed by atoms with Crippen LogP contribution in [0, 0.1) is 0 Å². The number of nitrogens with zero attached hydrogens (tertiary/aromatic N) is 3. The van der Waals surface area contributed by atoms with Crippen LogP contribution in [-0.4, -0.2) is 34.2 Å². The molecule has 2 aliphatic rings. The summed E-state index contributed by atoms with van der Waals surface area (Å²) in [6.45, 7) is 1.84. The topological polar surface area (TPSA) is 58.1 Å². The van der Waals surface area contributed by atoms with Crippen molar-refractivity contribution in [3.8, 4) is 0 Å². The highest BCUT2D eigenvalue weighted by molar-refractivity contribution is 8.00. The Morgan fingerprint density at radius 2 is 1.81 bits per heavy atom. The van der Waals surface area contributed by atoms with Gasteiger partial charge in [0.1, 0.15) is 0 Å². The summed E-state index contributed by atoms with van der Waals surface area (Å²) < 4.78 is 0. The number of rotatable bonds is 5. The number of nitrogens with one attached hydrogen (secondary N) is 1. The largest absolute Gasteiger partial charge is 0.341 e. The van der Waals surface area contributed by atoms with Crippen molar-refractivity contribution in [1.82, 2.24) is 9.97 Å². The van der Waals surface area contributed by atoms with Gasteiger partial charge in [0.25, 0.3) is 5.91 Å². The SMILES string of the molecule is O=C(Nc1ccc(SC2CCCC2)cc1)c1nc(N2CCCC2)ncc1Cl. The van der Waals surface area contributed by atoms with E-state index in [-0.39, 0.29) is 16.6 Å². The fraction of sp³-hybridized carbons (Fsp3) is 0.450. The average Bonchev–Trinajstić information content (AvgIpc) is 3.38. The summed E-state index contributed by atoms with van der Waals surface area (Å²) in [5.41, 5.74) is 0.964. The molecule has 2 aromatic rings. The average molecular weight is 403 g/mol. The first-order chi connectivity index (χ1) is 13.2. The fourth-order valence-electron chi connectivity index (χ4n) is 3.59. The predicted octanol–water partition coefficient (Wildman–Crippen LogP) is 5.02. The summed E-state index contributed by atoms with van der Waals surface area (Å²) in [5.74, 6) is 0.268. The molecule has 2 heterocycles. The lowest BCUT2D eigenvalue weighted by Crippen LogP contribution is -2.23. The molecule has 1 aromatic heterocycles. The molecule has 0 spiro atoms. The van der Waals surface area contributed by atoms with Gasteiger partial charge in [-0.25, -0.2) is 9.97 Å². The van der Waals surface area contributed by atoms with Crippen LogP contribution in [0.3, 0.4) is 0 Å². The van der Waals surface area contributed by atoms with E-state index in [1.165, 1.54) is 36.8 Å². The summed E-state index contributed by atoms with van der Waals surface area (Å²) >= 11 is 8.11. The van der Waals surface area contributed by atoms with E-state index in [0.717, 1.165) is 36.9 Å². The molecule has 142 valence electrons. The van der Waals surface area contributed by atoms with Gasteiger partial charge in [0.05, 0.1) is 11.2 Å². The van der Waals surface area contributed by atoms with Crippen molar-refractivity contribution in [3.05, 3.63) is 41.2 Å². The molecule has 1 saturated carbocycles. The zero-order valence-corrected chi connectivity index (χ0v) is 16.7. The Labute approximate surface area is 168 Å². The van der Waals surface area contributed by atoms with Crippen molar-refractivity contribution in [2.75, 3.05) is 23.3 Å². The monoisotopic (exact) mass is 402 g/mol. The quantitative estimate of drug-likeness (QED) is 0.761. The van der Waals surface area contributed by atoms with Gasteiger partial charge in [-0.3, -0.25) is 4.79 Å². The van der Waals surface area contributed by atoms with Gasteiger partial charge in [0.2, 0.25) is 5.95 Å². The second-order valence-electron chi connectivity index (χ2n) is 7.06. The minimum atomic E-state index is -0.306. The normalized spacial score (nSPS) is 17.4. The first-order valence-corrected chi connectivity index (χ1v) is 10.8. The van der Waals surface area contributed by atoms with Gasteiger partial charge >= 0.3 is 0 Å². The van der Waals surface area contributed by atoms with Crippen molar-refractivity contribution in [2.45, 2.75) is 48.7 Å². The number of carbonyl (C=O) groups is 1. The molecular formula is C20H23ClN4OS. The lowest BCUT2D eigenvalue weighted by atomic mass is 10.3. The Kier molecular flexibility index (Phi) is 5.83. The Bertz CT molecular complexity index is 802. The fourth-order valence-corrected chi connectivity index (χ4v) is 5.02. The molecule has 1 saturated heterocycles. The zero-order chi connectivity index (χ0) is 18.6. The number of anilines is 2. The molecular weight excluding hydrogens is 380 g/mol. The van der Waals surface area contributed by atoms with Crippen LogP contribution < -0.4 is 10.2 Å². The van der Waals surface area contributed by atoms with E-state index in [2.05, 4.69) is 32.3 Å². The van der Waals surface area contributed by atoms with E-state index in [1.54, 1.807) is 0 Å². The Morgan fingerprint density at radius 3 is 2.52 bits per heavy atom. The summed E-state index contributed by atoms with van der Waals surface area (Å²) in [7, 11) is 0. The van der Waals surface area contributed by atoms with Crippen LogP contribution in [-0.2, 0) is 0 Å². The lowest BCUT2D eigenvalue weighted by Gasteiger charge is -2.16. The van der Waals surface area contributed by atoms with Gasteiger partial charge in [0.15, 0.2) is 5.69 Å². The van der Waals surface area contributed by atoms with Gasteiger partial charge in [-0.05, 0) is 49.9 Å². The lowest BCUT2D eigenvalue weighted by molar-refractivity contribution is 0.102. The number of amides is 1. The molecule has 0 radical (unpaired) electrons. The summed E-state index contributed by atoms with van der Waals surface area (Å²) in [6, 6.07) is 8.00. The van der Waals surface area contributed by atoms with Crippen molar-refractivity contribution >= 4 is 40.9 Å². The Morgan fingerprint density at radius 1 is 1.11 bits per heavy atom. The van der Waals surface area contributed by atoms with Crippen LogP contribution in [0.5, 0.6) is 0 Å². The molecule has 0 atom stereocenters. The Balaban J connectivity index is 1.43. The molecule has 0 bridgehead atoms. The minimum Gasteiger partial charge on any atom is -0.341 e. The highest BCUT2D eigenvalue weighted by Crippen LogP contribution is 2.35. The van der Waals surface area contributed by atoms with Gasteiger partial charge in [-0.2, -0.15) is 0 Å². The third-order valence-electron chi connectivity index (χ3n) is 5.05. The van der Waals surface area contributed by atoms with E-state index in [9.17, 15) is 4.79 Å². The Hall–Kier alpha value is -1.79. The second-order valence-corrected chi connectivity index (χ2v) is 8.84. The molecule has 7 heteroatoms. The molecule has 1 amide bonds. The van der Waals surface area contributed by atoms with E-state index in [4.69, 9.17) is 11.6 Å².